The molecule has 3 unspecified atom stereocenters. The third-order valence-electron chi connectivity index (χ3n) is 4.23. The highest BCUT2D eigenvalue weighted by molar-refractivity contribution is 6.34. The number of rotatable bonds is 3. The van der Waals surface area contributed by atoms with Gasteiger partial charge in [0.2, 0.25) is 0 Å². The fourth-order valence-electron chi connectivity index (χ4n) is 3.01. The first-order chi connectivity index (χ1) is 9.88. The van der Waals surface area contributed by atoms with Gasteiger partial charge in [-0.05, 0) is 42.7 Å². The maximum absolute atomic E-state index is 12.3. The maximum atomic E-state index is 12.3. The molecule has 0 saturated heterocycles. The molecule has 1 aromatic rings. The van der Waals surface area contributed by atoms with Crippen molar-refractivity contribution in [1.82, 2.24) is 4.98 Å². The van der Waals surface area contributed by atoms with E-state index < -0.39 is 5.97 Å². The Labute approximate surface area is 136 Å². The van der Waals surface area contributed by atoms with Crippen molar-refractivity contribution in [2.24, 2.45) is 17.8 Å². The molecule has 0 aromatic carbocycles. The summed E-state index contributed by atoms with van der Waals surface area (Å²) in [7, 11) is 0. The van der Waals surface area contributed by atoms with Crippen molar-refractivity contribution < 1.29 is 9.53 Å². The number of aromatic nitrogens is 1. The van der Waals surface area contributed by atoms with Crippen LogP contribution in [0.5, 0.6) is 0 Å². The number of ether oxygens (including phenoxy) is 1. The molecular weight excluding hydrogens is 309 g/mol. The number of esters is 1. The molecule has 21 heavy (non-hydrogen) atoms. The predicted molar refractivity (Wildman–Crippen MR) is 84.8 cm³/mol. The summed E-state index contributed by atoms with van der Waals surface area (Å²) >= 11 is 11.8. The summed E-state index contributed by atoms with van der Waals surface area (Å²) in [6, 6.07) is 3.12. The van der Waals surface area contributed by atoms with Crippen LogP contribution in [0.3, 0.4) is 0 Å². The van der Waals surface area contributed by atoms with E-state index >= 15 is 0 Å². The molecule has 0 amide bonds. The Hall–Kier alpha value is -0.800. The largest absolute Gasteiger partial charge is 0.457 e. The first-order valence-corrected chi connectivity index (χ1v) is 8.17. The minimum absolute atomic E-state index is 0.0712. The molecule has 1 aliphatic rings. The van der Waals surface area contributed by atoms with Gasteiger partial charge in [0.05, 0.1) is 5.02 Å². The monoisotopic (exact) mass is 329 g/mol. The van der Waals surface area contributed by atoms with Crippen LogP contribution in [0.15, 0.2) is 12.1 Å². The number of carbonyl (C=O) groups is 1. The van der Waals surface area contributed by atoms with Crippen LogP contribution in [0.2, 0.25) is 10.2 Å². The minimum Gasteiger partial charge on any atom is -0.457 e. The van der Waals surface area contributed by atoms with Gasteiger partial charge in [0.15, 0.2) is 5.69 Å². The molecule has 0 spiro atoms. The fraction of sp³-hybridized carbons (Fsp3) is 0.625. The highest BCUT2D eigenvalue weighted by atomic mass is 35.5. The second-order valence-electron chi connectivity index (χ2n) is 6.23. The Morgan fingerprint density at radius 1 is 1.33 bits per heavy atom. The Morgan fingerprint density at radius 3 is 2.71 bits per heavy atom. The summed E-state index contributed by atoms with van der Waals surface area (Å²) in [6.45, 7) is 6.54. The van der Waals surface area contributed by atoms with Crippen molar-refractivity contribution >= 4 is 29.2 Å². The molecule has 0 bridgehead atoms. The normalized spacial score (nSPS) is 25.9. The van der Waals surface area contributed by atoms with Gasteiger partial charge in [0.1, 0.15) is 11.3 Å². The number of hydrogen-bond donors (Lipinski definition) is 0. The van der Waals surface area contributed by atoms with Crippen LogP contribution in [0.4, 0.5) is 0 Å². The van der Waals surface area contributed by atoms with E-state index in [9.17, 15) is 4.79 Å². The van der Waals surface area contributed by atoms with Crippen LogP contribution in [0, 0.1) is 17.8 Å². The van der Waals surface area contributed by atoms with Crippen molar-refractivity contribution in [3.8, 4) is 0 Å². The van der Waals surface area contributed by atoms with Gasteiger partial charge in [-0.15, -0.1) is 0 Å². The number of pyridine rings is 1. The van der Waals surface area contributed by atoms with Gasteiger partial charge in [-0.3, -0.25) is 0 Å². The first kappa shape index (κ1) is 16.6. The van der Waals surface area contributed by atoms with E-state index in [1.165, 1.54) is 6.42 Å². The summed E-state index contributed by atoms with van der Waals surface area (Å²) in [5.41, 5.74) is 0.102. The van der Waals surface area contributed by atoms with Crippen molar-refractivity contribution in [3.05, 3.63) is 28.0 Å². The summed E-state index contributed by atoms with van der Waals surface area (Å²) in [4.78, 5) is 16.3. The lowest BCUT2D eigenvalue weighted by molar-refractivity contribution is -0.0178. The molecule has 0 radical (unpaired) electrons. The first-order valence-electron chi connectivity index (χ1n) is 7.41. The van der Waals surface area contributed by atoms with Gasteiger partial charge < -0.3 is 4.74 Å². The van der Waals surface area contributed by atoms with E-state index in [1.54, 1.807) is 12.1 Å². The summed E-state index contributed by atoms with van der Waals surface area (Å²) in [6.07, 6.45) is 3.10. The summed E-state index contributed by atoms with van der Waals surface area (Å²) in [5.74, 6) is 0.967. The Kier molecular flexibility index (Phi) is 5.50. The van der Waals surface area contributed by atoms with Crippen LogP contribution < -0.4 is 0 Å². The molecule has 3 nitrogen and oxygen atoms in total. The zero-order chi connectivity index (χ0) is 15.6. The molecule has 1 fully saturated rings. The van der Waals surface area contributed by atoms with E-state index in [1.807, 2.05) is 0 Å². The predicted octanol–water partition coefficient (Wildman–Crippen LogP) is 5.01. The van der Waals surface area contributed by atoms with Crippen LogP contribution >= 0.6 is 23.2 Å². The summed E-state index contributed by atoms with van der Waals surface area (Å²) < 4.78 is 5.71. The van der Waals surface area contributed by atoms with E-state index in [4.69, 9.17) is 27.9 Å². The van der Waals surface area contributed by atoms with Crippen molar-refractivity contribution in [2.45, 2.75) is 46.1 Å². The van der Waals surface area contributed by atoms with E-state index in [0.29, 0.717) is 17.8 Å². The summed E-state index contributed by atoms with van der Waals surface area (Å²) in [5, 5.41) is 0.512. The molecule has 1 aliphatic carbocycles. The molecule has 0 N–H and O–H groups in total. The Morgan fingerprint density at radius 2 is 2.05 bits per heavy atom. The van der Waals surface area contributed by atoms with E-state index in [-0.39, 0.29) is 22.0 Å². The minimum atomic E-state index is -0.479. The molecule has 5 heteroatoms. The SMILES string of the molecule is CC1CCC(C(C)C)C(OC(=O)c2nc(Cl)ccc2Cl)C1. The second kappa shape index (κ2) is 6.97. The van der Waals surface area contributed by atoms with Crippen LogP contribution in [-0.2, 0) is 4.74 Å². The quantitative estimate of drug-likeness (QED) is 0.578. The van der Waals surface area contributed by atoms with Gasteiger partial charge in [0.25, 0.3) is 0 Å². The maximum Gasteiger partial charge on any atom is 0.358 e. The average Bonchev–Trinajstić information content (AvgIpc) is 2.41. The second-order valence-corrected chi connectivity index (χ2v) is 7.03. The third-order valence-corrected chi connectivity index (χ3v) is 4.74. The van der Waals surface area contributed by atoms with Crippen molar-refractivity contribution in [2.75, 3.05) is 0 Å². The average molecular weight is 330 g/mol. The molecule has 1 saturated carbocycles. The lowest BCUT2D eigenvalue weighted by atomic mass is 9.75. The van der Waals surface area contributed by atoms with Gasteiger partial charge in [-0.1, -0.05) is 50.4 Å². The Bertz CT molecular complexity index is 519. The van der Waals surface area contributed by atoms with Crippen LogP contribution in [-0.4, -0.2) is 17.1 Å². The van der Waals surface area contributed by atoms with E-state index in [0.717, 1.165) is 12.8 Å². The molecule has 0 aliphatic heterocycles. The van der Waals surface area contributed by atoms with Gasteiger partial charge in [-0.25, -0.2) is 9.78 Å². The lowest BCUT2D eigenvalue weighted by Crippen LogP contribution is -2.36. The zero-order valence-electron chi connectivity index (χ0n) is 12.6. The molecule has 3 atom stereocenters. The fourth-order valence-corrected chi connectivity index (χ4v) is 3.33. The van der Waals surface area contributed by atoms with Gasteiger partial charge in [-0.2, -0.15) is 0 Å². The third kappa shape index (κ3) is 4.10. The Balaban J connectivity index is 2.14. The molecule has 1 heterocycles. The standard InChI is InChI=1S/C16H21Cl2NO2/c1-9(2)11-5-4-10(3)8-13(11)21-16(20)15-12(17)6-7-14(18)19-15/h6-7,9-11,13H,4-5,8H2,1-3H3. The smallest absolute Gasteiger partial charge is 0.358 e. The molecule has 1 aromatic heterocycles. The highest BCUT2D eigenvalue weighted by Crippen LogP contribution is 2.36. The van der Waals surface area contributed by atoms with Crippen LogP contribution in [0.25, 0.3) is 0 Å². The van der Waals surface area contributed by atoms with Gasteiger partial charge in [0, 0.05) is 0 Å². The molecule has 2 rings (SSSR count). The zero-order valence-corrected chi connectivity index (χ0v) is 14.1. The molecular formula is C16H21Cl2NO2. The van der Waals surface area contributed by atoms with Crippen molar-refractivity contribution in [3.63, 3.8) is 0 Å². The van der Waals surface area contributed by atoms with Crippen LogP contribution in [0.1, 0.15) is 50.5 Å². The number of nitrogens with zero attached hydrogens (tertiary/aromatic N) is 1. The lowest BCUT2D eigenvalue weighted by Gasteiger charge is -2.36. The number of halogens is 2. The molecule has 116 valence electrons. The van der Waals surface area contributed by atoms with Crippen molar-refractivity contribution in [1.29, 1.82) is 0 Å². The van der Waals surface area contributed by atoms with Gasteiger partial charge >= 0.3 is 5.97 Å². The van der Waals surface area contributed by atoms with E-state index in [2.05, 4.69) is 25.8 Å². The highest BCUT2D eigenvalue weighted by Gasteiger charge is 2.34. The number of hydrogen-bond acceptors (Lipinski definition) is 3. The topological polar surface area (TPSA) is 39.2 Å². The number of carbonyl (C=O) groups excluding carboxylic acids is 1.